The summed E-state index contributed by atoms with van der Waals surface area (Å²) in [4.78, 5) is 18.3. The second-order valence-electron chi connectivity index (χ2n) is 12.3. The third-order valence-electron chi connectivity index (χ3n) is 8.43. The Balaban J connectivity index is 1.67. The van der Waals surface area contributed by atoms with Crippen LogP contribution >= 0.6 is 11.6 Å². The minimum absolute atomic E-state index is 0.0951. The molecule has 3 aromatic rings. The molecule has 1 spiro atoms. The van der Waals surface area contributed by atoms with Crippen molar-refractivity contribution in [2.45, 2.75) is 110 Å². The van der Waals surface area contributed by atoms with Gasteiger partial charge >= 0.3 is 5.97 Å². The van der Waals surface area contributed by atoms with Crippen LogP contribution < -0.4 is 0 Å². The molecule has 0 radical (unpaired) electrons. The van der Waals surface area contributed by atoms with E-state index in [1.165, 1.54) is 39.2 Å². The quantitative estimate of drug-likeness (QED) is 0.292. The van der Waals surface area contributed by atoms with Gasteiger partial charge in [-0.1, -0.05) is 43.0 Å². The molecule has 5 rings (SSSR count). The summed E-state index contributed by atoms with van der Waals surface area (Å²) in [5.41, 5.74) is 6.08. The van der Waals surface area contributed by atoms with Gasteiger partial charge in [-0.05, 0) is 77.6 Å². The van der Waals surface area contributed by atoms with E-state index in [1.807, 2.05) is 52.0 Å². The summed E-state index contributed by atoms with van der Waals surface area (Å²) in [5.74, 6) is -0.446. The molecule has 1 saturated heterocycles. The molecule has 1 saturated carbocycles. The molecule has 39 heavy (non-hydrogen) atoms. The summed E-state index contributed by atoms with van der Waals surface area (Å²) >= 11 is 6.28. The van der Waals surface area contributed by atoms with Gasteiger partial charge in [0.1, 0.15) is 5.65 Å². The van der Waals surface area contributed by atoms with Gasteiger partial charge in [0.2, 0.25) is 0 Å². The Labute approximate surface area is 237 Å². The van der Waals surface area contributed by atoms with E-state index in [2.05, 4.69) is 18.4 Å². The smallest absolute Gasteiger partial charge is 0.339 e. The van der Waals surface area contributed by atoms with Gasteiger partial charge in [0.15, 0.2) is 6.10 Å². The average Bonchev–Trinajstić information content (AvgIpc) is 3.10. The summed E-state index contributed by atoms with van der Waals surface area (Å²) < 4.78 is 20.5. The molecular weight excluding hydrogens is 512 g/mol. The highest BCUT2D eigenvalue weighted by atomic mass is 35.5. The maximum atomic E-state index is 13.2. The van der Waals surface area contributed by atoms with E-state index < -0.39 is 17.7 Å². The van der Waals surface area contributed by atoms with Crippen molar-refractivity contribution >= 4 is 28.6 Å². The van der Waals surface area contributed by atoms with Crippen molar-refractivity contribution in [3.8, 4) is 11.1 Å². The Morgan fingerprint density at radius 1 is 1.15 bits per heavy atom. The lowest BCUT2D eigenvalue weighted by Gasteiger charge is -2.50. The Morgan fingerprint density at radius 2 is 1.79 bits per heavy atom. The van der Waals surface area contributed by atoms with E-state index in [9.17, 15) is 4.79 Å². The van der Waals surface area contributed by atoms with Gasteiger partial charge in [0, 0.05) is 39.3 Å². The van der Waals surface area contributed by atoms with Crippen LogP contribution in [0.3, 0.4) is 0 Å². The fraction of sp³-hybridized carbons (Fsp3) is 0.562. The number of methoxy groups -OCH3 is 1. The van der Waals surface area contributed by atoms with Gasteiger partial charge in [0.05, 0.1) is 31.0 Å². The number of benzene rings is 1. The Kier molecular flexibility index (Phi) is 7.60. The molecule has 1 unspecified atom stereocenters. The number of halogens is 1. The molecular formula is C32H41ClN2O4. The lowest BCUT2D eigenvalue weighted by Crippen LogP contribution is -2.53. The van der Waals surface area contributed by atoms with Crippen LogP contribution in [-0.2, 0) is 25.5 Å². The number of hydrogen-bond donors (Lipinski definition) is 0. The molecule has 0 N–H and O–H groups in total. The molecule has 2 aliphatic rings. The van der Waals surface area contributed by atoms with E-state index >= 15 is 0 Å². The number of fused-ring (bicyclic) bond motifs is 1. The summed E-state index contributed by atoms with van der Waals surface area (Å²) in [6, 6.07) is 7.76. The van der Waals surface area contributed by atoms with Crippen molar-refractivity contribution in [1.82, 2.24) is 9.55 Å². The van der Waals surface area contributed by atoms with Crippen LogP contribution in [0.2, 0.25) is 5.02 Å². The third kappa shape index (κ3) is 5.36. The number of aromatic nitrogens is 2. The maximum Gasteiger partial charge on any atom is 0.339 e. The van der Waals surface area contributed by atoms with Crippen molar-refractivity contribution in [3.05, 3.63) is 51.8 Å². The highest BCUT2D eigenvalue weighted by molar-refractivity contribution is 6.30. The second kappa shape index (κ2) is 10.5. The number of pyridine rings is 1. The summed E-state index contributed by atoms with van der Waals surface area (Å²) in [7, 11) is 1.40. The van der Waals surface area contributed by atoms with Crippen molar-refractivity contribution < 1.29 is 19.0 Å². The second-order valence-corrected chi connectivity index (χ2v) is 12.8. The number of carbonyl (C=O) groups excluding carboxylic acids is 1. The molecule has 6 nitrogen and oxygen atoms in total. The van der Waals surface area contributed by atoms with Crippen LogP contribution in [0.25, 0.3) is 22.2 Å². The van der Waals surface area contributed by atoms with E-state index in [4.69, 9.17) is 30.8 Å². The van der Waals surface area contributed by atoms with Crippen molar-refractivity contribution in [3.63, 3.8) is 0 Å². The monoisotopic (exact) mass is 552 g/mol. The number of esters is 1. The molecule has 3 heterocycles. The van der Waals surface area contributed by atoms with Crippen molar-refractivity contribution in [2.75, 3.05) is 7.11 Å². The SMILES string of the molecule is COC(=O)[C@@H](OC(C)(C)C)c1c(C)nc2c(c(C)c(C)n2CC2CC3(CCCCC3)O2)c1-c1ccc(Cl)cc1. The predicted octanol–water partition coefficient (Wildman–Crippen LogP) is 7.80. The van der Waals surface area contributed by atoms with Gasteiger partial charge in [-0.15, -0.1) is 0 Å². The van der Waals surface area contributed by atoms with E-state index in [1.54, 1.807) is 0 Å². The molecule has 210 valence electrons. The normalized spacial score (nSPS) is 19.7. The van der Waals surface area contributed by atoms with Crippen LogP contribution in [-0.4, -0.2) is 39.9 Å². The Bertz CT molecular complexity index is 1370. The van der Waals surface area contributed by atoms with Crippen LogP contribution in [0.15, 0.2) is 24.3 Å². The van der Waals surface area contributed by atoms with Crippen LogP contribution in [0, 0.1) is 20.8 Å². The Morgan fingerprint density at radius 3 is 2.38 bits per heavy atom. The van der Waals surface area contributed by atoms with E-state index in [-0.39, 0.29) is 11.7 Å². The molecule has 1 aromatic carbocycles. The van der Waals surface area contributed by atoms with Crippen molar-refractivity contribution in [2.24, 2.45) is 0 Å². The van der Waals surface area contributed by atoms with Gasteiger partial charge in [-0.2, -0.15) is 0 Å². The van der Waals surface area contributed by atoms with Crippen molar-refractivity contribution in [1.29, 1.82) is 0 Å². The topological polar surface area (TPSA) is 62.6 Å². The number of ether oxygens (including phenoxy) is 3. The molecule has 0 bridgehead atoms. The minimum Gasteiger partial charge on any atom is -0.467 e. The van der Waals surface area contributed by atoms with Gasteiger partial charge < -0.3 is 18.8 Å². The first-order valence-electron chi connectivity index (χ1n) is 14.1. The summed E-state index contributed by atoms with van der Waals surface area (Å²) in [6.07, 6.45) is 6.57. The third-order valence-corrected chi connectivity index (χ3v) is 8.69. The van der Waals surface area contributed by atoms with E-state index in [0.717, 1.165) is 57.6 Å². The fourth-order valence-electron chi connectivity index (χ4n) is 6.52. The lowest BCUT2D eigenvalue weighted by molar-refractivity contribution is -0.223. The first-order valence-corrected chi connectivity index (χ1v) is 14.5. The van der Waals surface area contributed by atoms with Gasteiger partial charge in [0.25, 0.3) is 0 Å². The number of hydrogen-bond acceptors (Lipinski definition) is 5. The predicted molar refractivity (Wildman–Crippen MR) is 155 cm³/mol. The first kappa shape index (κ1) is 28.1. The molecule has 2 atom stereocenters. The number of rotatable bonds is 6. The van der Waals surface area contributed by atoms with E-state index in [0.29, 0.717) is 5.02 Å². The standard InChI is InChI=1S/C32H41ClN2O4/c1-19-21(3)35(18-24-17-32(38-24)15-9-8-10-16-32)29-25(19)27(22-11-13-23(33)14-12-22)26(20(2)34-29)28(30(36)37-7)39-31(4,5)6/h11-14,24,28H,8-10,15-18H2,1-7H3/t24?,28-/m0/s1. The molecule has 1 aliphatic heterocycles. The number of aryl methyl sites for hydroxylation is 2. The largest absolute Gasteiger partial charge is 0.467 e. The zero-order chi connectivity index (χ0) is 28.1. The first-order chi connectivity index (χ1) is 18.4. The maximum absolute atomic E-state index is 13.2. The highest BCUT2D eigenvalue weighted by Gasteiger charge is 2.46. The van der Waals surface area contributed by atoms with Gasteiger partial charge in [-0.25, -0.2) is 9.78 Å². The zero-order valence-corrected chi connectivity index (χ0v) is 25.1. The Hall–Kier alpha value is -2.41. The van der Waals surface area contributed by atoms with Crippen LogP contribution in [0.1, 0.15) is 87.9 Å². The molecule has 0 amide bonds. The van der Waals surface area contributed by atoms with Gasteiger partial charge in [-0.3, -0.25) is 0 Å². The average molecular weight is 553 g/mol. The number of nitrogens with zero attached hydrogens (tertiary/aromatic N) is 2. The fourth-order valence-corrected chi connectivity index (χ4v) is 6.65. The molecule has 1 aliphatic carbocycles. The summed E-state index contributed by atoms with van der Waals surface area (Å²) in [5, 5.41) is 1.68. The number of carbonyl (C=O) groups is 1. The zero-order valence-electron chi connectivity index (χ0n) is 24.3. The molecule has 7 heteroatoms. The van der Waals surface area contributed by atoms with Crippen LogP contribution in [0.4, 0.5) is 0 Å². The summed E-state index contributed by atoms with van der Waals surface area (Å²) in [6.45, 7) is 12.8. The lowest BCUT2D eigenvalue weighted by atomic mass is 9.76. The molecule has 2 fully saturated rings. The van der Waals surface area contributed by atoms with Crippen LogP contribution in [0.5, 0.6) is 0 Å². The molecule has 2 aromatic heterocycles. The minimum atomic E-state index is -0.929. The highest BCUT2D eigenvalue weighted by Crippen LogP contribution is 2.46.